The number of benzene rings is 1. The van der Waals surface area contributed by atoms with Gasteiger partial charge in [-0.25, -0.2) is 8.42 Å². The van der Waals surface area contributed by atoms with E-state index in [1.54, 1.807) is 0 Å². The van der Waals surface area contributed by atoms with Gasteiger partial charge in [-0.3, -0.25) is 4.79 Å². The fourth-order valence-corrected chi connectivity index (χ4v) is 8.18. The van der Waals surface area contributed by atoms with E-state index in [9.17, 15) is 13.2 Å². The molecular weight excluding hydrogens is 368 g/mol. The SMILES string of the molecule is O=C(CC1CCCCC1)N=C1S[C@H]2CS(=O)(=O)C[C@@H]2N1c1ccccc1. The highest BCUT2D eigenvalue weighted by Crippen LogP contribution is 2.41. The zero-order valence-corrected chi connectivity index (χ0v) is 16.3. The van der Waals surface area contributed by atoms with Crippen LogP contribution in [0.15, 0.2) is 35.3 Å². The molecule has 1 aromatic rings. The highest BCUT2D eigenvalue weighted by Gasteiger charge is 2.49. The van der Waals surface area contributed by atoms with Crippen molar-refractivity contribution in [1.82, 2.24) is 0 Å². The third-order valence-corrected chi connectivity index (χ3v) is 8.72. The maximum Gasteiger partial charge on any atom is 0.248 e. The second kappa shape index (κ2) is 7.35. The summed E-state index contributed by atoms with van der Waals surface area (Å²) in [6.45, 7) is 0. The molecule has 2 aliphatic heterocycles. The average molecular weight is 393 g/mol. The van der Waals surface area contributed by atoms with Gasteiger partial charge in [0, 0.05) is 17.4 Å². The van der Waals surface area contributed by atoms with Crippen LogP contribution in [-0.2, 0) is 14.6 Å². The fraction of sp³-hybridized carbons (Fsp3) is 0.579. The summed E-state index contributed by atoms with van der Waals surface area (Å²) in [5.74, 6) is 0.692. The number of aliphatic imine (C=N–C) groups is 1. The fourth-order valence-electron chi connectivity index (χ4n) is 4.25. The number of carbonyl (C=O) groups is 1. The van der Waals surface area contributed by atoms with Crippen LogP contribution < -0.4 is 4.90 Å². The number of sulfone groups is 1. The average Bonchev–Trinajstić information content (AvgIpc) is 3.07. The van der Waals surface area contributed by atoms with Crippen molar-refractivity contribution in [3.8, 4) is 0 Å². The minimum Gasteiger partial charge on any atom is -0.316 e. The molecule has 7 heteroatoms. The molecule has 26 heavy (non-hydrogen) atoms. The van der Waals surface area contributed by atoms with Crippen molar-refractivity contribution in [3.63, 3.8) is 0 Å². The van der Waals surface area contributed by atoms with Crippen LogP contribution in [-0.4, -0.2) is 42.3 Å². The number of carbonyl (C=O) groups excluding carboxylic acids is 1. The van der Waals surface area contributed by atoms with Gasteiger partial charge in [0.25, 0.3) is 0 Å². The number of thioether (sulfide) groups is 1. The Kier molecular flexibility index (Phi) is 5.10. The van der Waals surface area contributed by atoms with E-state index in [1.807, 2.05) is 35.2 Å². The number of hydrogen-bond donors (Lipinski definition) is 0. The summed E-state index contributed by atoms with van der Waals surface area (Å²) in [6.07, 6.45) is 6.45. The number of fused-ring (bicyclic) bond motifs is 1. The van der Waals surface area contributed by atoms with Crippen molar-refractivity contribution in [2.75, 3.05) is 16.4 Å². The second-order valence-corrected chi connectivity index (χ2v) is 10.9. The van der Waals surface area contributed by atoms with Gasteiger partial charge in [0.1, 0.15) is 0 Å². The lowest BCUT2D eigenvalue weighted by molar-refractivity contribution is -0.118. The van der Waals surface area contributed by atoms with Gasteiger partial charge in [-0.15, -0.1) is 0 Å². The molecule has 4 rings (SSSR count). The molecule has 2 atom stereocenters. The minimum absolute atomic E-state index is 0.0403. The van der Waals surface area contributed by atoms with Gasteiger partial charge >= 0.3 is 0 Å². The van der Waals surface area contributed by atoms with Crippen LogP contribution in [0, 0.1) is 5.92 Å². The minimum atomic E-state index is -3.02. The number of hydrogen-bond acceptors (Lipinski definition) is 4. The van der Waals surface area contributed by atoms with Crippen molar-refractivity contribution < 1.29 is 13.2 Å². The first-order chi connectivity index (χ1) is 12.5. The summed E-state index contributed by atoms with van der Waals surface area (Å²) in [6, 6.07) is 9.56. The van der Waals surface area contributed by atoms with Crippen LogP contribution in [0.5, 0.6) is 0 Å². The maximum atomic E-state index is 12.5. The Morgan fingerprint density at radius 2 is 1.85 bits per heavy atom. The lowest BCUT2D eigenvalue weighted by atomic mass is 9.87. The molecule has 3 fully saturated rings. The lowest BCUT2D eigenvalue weighted by Gasteiger charge is -2.24. The first kappa shape index (κ1) is 18.0. The number of amidine groups is 1. The van der Waals surface area contributed by atoms with E-state index in [1.165, 1.54) is 31.0 Å². The van der Waals surface area contributed by atoms with Gasteiger partial charge in [-0.2, -0.15) is 4.99 Å². The smallest absolute Gasteiger partial charge is 0.248 e. The molecule has 1 aromatic carbocycles. The Labute approximate surface area is 159 Å². The third kappa shape index (κ3) is 3.83. The standard InChI is InChI=1S/C19H24N2O3S2/c22-18(11-14-7-3-1-4-8-14)20-19-21(15-9-5-2-6-10-15)16-12-26(23,24)13-17(16)25-19/h2,5-6,9-10,14,16-17H,1,3-4,7-8,11-13H2/t16-,17-/m0/s1. The van der Waals surface area contributed by atoms with Gasteiger partial charge in [0.05, 0.1) is 17.5 Å². The molecule has 3 aliphatic rings. The van der Waals surface area contributed by atoms with Crippen LogP contribution in [0.3, 0.4) is 0 Å². The van der Waals surface area contributed by atoms with E-state index in [0.717, 1.165) is 18.5 Å². The molecule has 5 nitrogen and oxygen atoms in total. The molecule has 2 saturated heterocycles. The van der Waals surface area contributed by atoms with Crippen molar-refractivity contribution in [2.45, 2.75) is 49.8 Å². The molecule has 2 heterocycles. The summed E-state index contributed by atoms with van der Waals surface area (Å²) in [4.78, 5) is 18.9. The zero-order chi connectivity index (χ0) is 18.1. The van der Waals surface area contributed by atoms with E-state index in [-0.39, 0.29) is 28.7 Å². The van der Waals surface area contributed by atoms with Crippen LogP contribution in [0.25, 0.3) is 0 Å². The number of para-hydroxylation sites is 1. The summed E-state index contributed by atoms with van der Waals surface area (Å²) >= 11 is 1.45. The predicted molar refractivity (Wildman–Crippen MR) is 106 cm³/mol. The van der Waals surface area contributed by atoms with Crippen molar-refractivity contribution in [2.24, 2.45) is 10.9 Å². The van der Waals surface area contributed by atoms with Crippen LogP contribution in [0.4, 0.5) is 5.69 Å². The van der Waals surface area contributed by atoms with Crippen molar-refractivity contribution in [3.05, 3.63) is 30.3 Å². The van der Waals surface area contributed by atoms with E-state index in [2.05, 4.69) is 4.99 Å². The Bertz CT molecular complexity index is 801. The van der Waals surface area contributed by atoms with Crippen molar-refractivity contribution in [1.29, 1.82) is 0 Å². The summed E-state index contributed by atoms with van der Waals surface area (Å²) < 4.78 is 24.1. The van der Waals surface area contributed by atoms with Crippen LogP contribution >= 0.6 is 11.8 Å². The van der Waals surface area contributed by atoms with E-state index in [4.69, 9.17) is 0 Å². The quantitative estimate of drug-likeness (QED) is 0.790. The third-order valence-electron chi connectivity index (χ3n) is 5.51. The molecular formula is C19H24N2O3S2. The van der Waals surface area contributed by atoms with Crippen molar-refractivity contribution >= 4 is 38.4 Å². The molecule has 0 spiro atoms. The number of nitrogens with zero attached hydrogens (tertiary/aromatic N) is 2. The van der Waals surface area contributed by atoms with Gasteiger partial charge in [-0.1, -0.05) is 49.2 Å². The summed E-state index contributed by atoms with van der Waals surface area (Å²) in [7, 11) is -3.02. The molecule has 0 radical (unpaired) electrons. The topological polar surface area (TPSA) is 66.8 Å². The maximum absolute atomic E-state index is 12.5. The van der Waals surface area contributed by atoms with E-state index < -0.39 is 9.84 Å². The molecule has 1 amide bonds. The summed E-state index contributed by atoms with van der Waals surface area (Å²) in [5.41, 5.74) is 0.911. The normalized spacial score (nSPS) is 29.8. The summed E-state index contributed by atoms with van der Waals surface area (Å²) in [5, 5.41) is 0.628. The predicted octanol–water partition coefficient (Wildman–Crippen LogP) is 3.26. The van der Waals surface area contributed by atoms with Crippen LogP contribution in [0.1, 0.15) is 38.5 Å². The Morgan fingerprint density at radius 1 is 1.12 bits per heavy atom. The largest absolute Gasteiger partial charge is 0.316 e. The molecule has 0 N–H and O–H groups in total. The number of amides is 1. The first-order valence-corrected chi connectivity index (χ1v) is 12.0. The molecule has 1 aliphatic carbocycles. The van der Waals surface area contributed by atoms with Gasteiger partial charge in [0.15, 0.2) is 15.0 Å². The van der Waals surface area contributed by atoms with Crippen LogP contribution in [0.2, 0.25) is 0 Å². The monoisotopic (exact) mass is 392 g/mol. The Hall–Kier alpha value is -1.34. The Balaban J connectivity index is 1.57. The number of rotatable bonds is 3. The van der Waals surface area contributed by atoms with Gasteiger partial charge in [0.2, 0.25) is 5.91 Å². The lowest BCUT2D eigenvalue weighted by Crippen LogP contribution is -2.37. The van der Waals surface area contributed by atoms with Gasteiger partial charge < -0.3 is 4.90 Å². The second-order valence-electron chi connectivity index (χ2n) is 7.50. The van der Waals surface area contributed by atoms with Gasteiger partial charge in [-0.05, 0) is 30.9 Å². The molecule has 0 bridgehead atoms. The van der Waals surface area contributed by atoms with E-state index in [0.29, 0.717) is 17.5 Å². The molecule has 0 unspecified atom stereocenters. The molecule has 0 aromatic heterocycles. The zero-order valence-electron chi connectivity index (χ0n) is 14.7. The van der Waals surface area contributed by atoms with E-state index >= 15 is 0 Å². The Morgan fingerprint density at radius 3 is 2.58 bits per heavy atom. The highest BCUT2D eigenvalue weighted by atomic mass is 32.2. The highest BCUT2D eigenvalue weighted by molar-refractivity contribution is 8.16. The first-order valence-electron chi connectivity index (χ1n) is 9.35. The molecule has 140 valence electrons. The number of anilines is 1. The molecule has 1 saturated carbocycles.